The molecule has 1 aromatic rings. The number of nitriles is 2. The van der Waals surface area contributed by atoms with E-state index in [1.165, 1.54) is 16.8 Å². The van der Waals surface area contributed by atoms with Crippen LogP contribution in [0.15, 0.2) is 50.7 Å². The monoisotopic (exact) mass is 488 g/mol. The van der Waals surface area contributed by atoms with Crippen LogP contribution in [-0.4, -0.2) is 37.9 Å². The molecule has 2 aliphatic rings. The molecule has 8 nitrogen and oxygen atoms in total. The number of sulfonamides is 1. The maximum absolute atomic E-state index is 11.8. The molecule has 156 valence electrons. The second-order valence-corrected chi connectivity index (χ2v) is 10.00. The lowest BCUT2D eigenvalue weighted by molar-refractivity contribution is 0.297. The molecule has 4 N–H and O–H groups in total. The molecule has 1 unspecified atom stereocenters. The van der Waals surface area contributed by atoms with Gasteiger partial charge in [-0.3, -0.25) is 0 Å². The summed E-state index contributed by atoms with van der Waals surface area (Å²) in [6.45, 7) is 0.720. The third-order valence-electron chi connectivity index (χ3n) is 5.48. The molecule has 2 heterocycles. The minimum absolute atomic E-state index is 0.101. The molecular weight excluding hydrogens is 468 g/mol. The van der Waals surface area contributed by atoms with Crippen LogP contribution < -0.4 is 11.5 Å². The highest BCUT2D eigenvalue weighted by molar-refractivity contribution is 9.10. The zero-order chi connectivity index (χ0) is 22.1. The summed E-state index contributed by atoms with van der Waals surface area (Å²) in [6, 6.07) is 9.64. The predicted molar refractivity (Wildman–Crippen MR) is 117 cm³/mol. The Bertz CT molecular complexity index is 1150. The standard InChI is InChI=1S/C20H21BrN6O2S/c1-30(28,29)27-7-5-12(6-8-27)19-15(10-23)17(16(11-24)20(25)26-19)14-4-2-3-13(9-22)18(14)21/h2-4,11-12,17H,5-8,24H2,1H3,(H2,25,26)/b16-11-. The number of piperidine rings is 1. The molecule has 1 atom stereocenters. The number of rotatable bonds is 3. The Hall–Kier alpha value is -2.66. The van der Waals surface area contributed by atoms with Crippen LogP contribution in [0.25, 0.3) is 0 Å². The lowest BCUT2D eigenvalue weighted by atomic mass is 9.78. The molecule has 10 heteroatoms. The third kappa shape index (κ3) is 3.99. The van der Waals surface area contributed by atoms with Crippen molar-refractivity contribution in [3.05, 3.63) is 56.8 Å². The summed E-state index contributed by atoms with van der Waals surface area (Å²) in [7, 11) is -3.26. The van der Waals surface area contributed by atoms with Gasteiger partial charge in [-0.25, -0.2) is 17.7 Å². The number of nitrogens with two attached hydrogens (primary N) is 2. The number of aliphatic imine (C=N–C) groups is 1. The third-order valence-corrected chi connectivity index (χ3v) is 7.67. The van der Waals surface area contributed by atoms with Crippen LogP contribution in [-0.2, 0) is 10.0 Å². The first-order valence-corrected chi connectivity index (χ1v) is 11.9. The summed E-state index contributed by atoms with van der Waals surface area (Å²) in [5.74, 6) is -0.449. The normalized spacial score (nSPS) is 22.5. The summed E-state index contributed by atoms with van der Waals surface area (Å²) < 4.78 is 25.6. The molecule has 3 rings (SSSR count). The number of halogens is 1. The van der Waals surface area contributed by atoms with Crippen molar-refractivity contribution in [2.24, 2.45) is 22.4 Å². The molecule has 0 aliphatic carbocycles. The van der Waals surface area contributed by atoms with Crippen LogP contribution in [0.1, 0.15) is 29.9 Å². The molecule has 0 saturated carbocycles. The first-order chi connectivity index (χ1) is 14.2. The number of hydrogen-bond acceptors (Lipinski definition) is 7. The summed E-state index contributed by atoms with van der Waals surface area (Å²) in [5.41, 5.74) is 14.7. The van der Waals surface area contributed by atoms with Gasteiger partial charge < -0.3 is 11.5 Å². The highest BCUT2D eigenvalue weighted by atomic mass is 79.9. The molecule has 2 aliphatic heterocycles. The summed E-state index contributed by atoms with van der Waals surface area (Å²) >= 11 is 3.48. The highest BCUT2D eigenvalue weighted by Crippen LogP contribution is 2.43. The first-order valence-electron chi connectivity index (χ1n) is 9.27. The lowest BCUT2D eigenvalue weighted by Gasteiger charge is -2.34. The van der Waals surface area contributed by atoms with E-state index in [4.69, 9.17) is 11.5 Å². The second-order valence-electron chi connectivity index (χ2n) is 7.22. The Labute approximate surface area is 184 Å². The molecule has 30 heavy (non-hydrogen) atoms. The molecule has 1 saturated heterocycles. The fourth-order valence-corrected chi connectivity index (χ4v) is 5.42. The van der Waals surface area contributed by atoms with E-state index in [9.17, 15) is 18.9 Å². The largest absolute Gasteiger partial charge is 0.404 e. The van der Waals surface area contributed by atoms with Crippen LogP contribution in [0.2, 0.25) is 0 Å². The van der Waals surface area contributed by atoms with Crippen LogP contribution in [0, 0.1) is 28.6 Å². The average molecular weight is 489 g/mol. The fourth-order valence-electron chi connectivity index (χ4n) is 3.96. The topological polar surface area (TPSA) is 149 Å². The van der Waals surface area contributed by atoms with Gasteiger partial charge in [0.05, 0.1) is 35.1 Å². The number of allylic oxidation sites excluding steroid dienone is 2. The van der Waals surface area contributed by atoms with E-state index in [-0.39, 0.29) is 11.8 Å². The summed E-state index contributed by atoms with van der Waals surface area (Å²) in [6.07, 6.45) is 3.61. The summed E-state index contributed by atoms with van der Waals surface area (Å²) in [4.78, 5) is 4.50. The van der Waals surface area contributed by atoms with Gasteiger partial charge in [0.25, 0.3) is 0 Å². The number of hydrogen-bond donors (Lipinski definition) is 2. The van der Waals surface area contributed by atoms with Crippen molar-refractivity contribution >= 4 is 31.8 Å². The zero-order valence-corrected chi connectivity index (χ0v) is 18.7. The highest BCUT2D eigenvalue weighted by Gasteiger charge is 2.36. The minimum Gasteiger partial charge on any atom is -0.404 e. The van der Waals surface area contributed by atoms with Gasteiger partial charge in [-0.1, -0.05) is 12.1 Å². The SMILES string of the molecule is CS(=O)(=O)N1CCC(C2=C(C#N)C(c3cccc(C#N)c3Br)/C(=C/N)C(N)=N2)CC1. The van der Waals surface area contributed by atoms with Gasteiger partial charge in [0, 0.05) is 35.3 Å². The molecule has 0 amide bonds. The Morgan fingerprint density at radius 2 is 1.93 bits per heavy atom. The van der Waals surface area contributed by atoms with E-state index in [1.807, 2.05) is 6.07 Å². The van der Waals surface area contributed by atoms with Gasteiger partial charge in [0.2, 0.25) is 10.0 Å². The maximum Gasteiger partial charge on any atom is 0.211 e. The van der Waals surface area contributed by atoms with E-state index in [2.05, 4.69) is 33.1 Å². The van der Waals surface area contributed by atoms with Crippen LogP contribution in [0.4, 0.5) is 0 Å². The van der Waals surface area contributed by atoms with Crippen molar-refractivity contribution in [3.8, 4) is 12.1 Å². The van der Waals surface area contributed by atoms with Crippen LogP contribution in [0.5, 0.6) is 0 Å². The van der Waals surface area contributed by atoms with Crippen molar-refractivity contribution in [3.63, 3.8) is 0 Å². The smallest absolute Gasteiger partial charge is 0.211 e. The van der Waals surface area contributed by atoms with Crippen molar-refractivity contribution in [2.45, 2.75) is 18.8 Å². The molecular formula is C20H21BrN6O2S. The molecule has 1 fully saturated rings. The Morgan fingerprint density at radius 3 is 2.47 bits per heavy atom. The quantitative estimate of drug-likeness (QED) is 0.664. The van der Waals surface area contributed by atoms with Crippen molar-refractivity contribution in [1.82, 2.24) is 4.31 Å². The number of amidine groups is 1. The van der Waals surface area contributed by atoms with Gasteiger partial charge in [-0.2, -0.15) is 10.5 Å². The Morgan fingerprint density at radius 1 is 1.27 bits per heavy atom. The maximum atomic E-state index is 11.8. The van der Waals surface area contributed by atoms with Crippen molar-refractivity contribution in [1.29, 1.82) is 10.5 Å². The van der Waals surface area contributed by atoms with E-state index >= 15 is 0 Å². The van der Waals surface area contributed by atoms with Gasteiger partial charge in [0.1, 0.15) is 11.9 Å². The van der Waals surface area contributed by atoms with E-state index in [0.29, 0.717) is 58.4 Å². The number of benzene rings is 1. The molecule has 0 radical (unpaired) electrons. The Kier molecular flexibility index (Phi) is 6.32. The van der Waals surface area contributed by atoms with Gasteiger partial charge in [0.15, 0.2) is 0 Å². The average Bonchev–Trinajstić information content (AvgIpc) is 2.72. The zero-order valence-electron chi connectivity index (χ0n) is 16.3. The second kappa shape index (κ2) is 8.60. The minimum atomic E-state index is -3.26. The van der Waals surface area contributed by atoms with E-state index in [1.54, 1.807) is 12.1 Å². The molecule has 1 aromatic carbocycles. The van der Waals surface area contributed by atoms with E-state index in [0.717, 1.165) is 0 Å². The van der Waals surface area contributed by atoms with Crippen molar-refractivity contribution < 1.29 is 8.42 Å². The Balaban J connectivity index is 2.10. The molecule has 0 spiro atoms. The first kappa shape index (κ1) is 22.0. The fraction of sp³-hybridized carbons (Fsp3) is 0.350. The molecule has 0 aromatic heterocycles. The number of nitrogens with zero attached hydrogens (tertiary/aromatic N) is 4. The lowest BCUT2D eigenvalue weighted by Crippen LogP contribution is -2.39. The van der Waals surface area contributed by atoms with Crippen LogP contribution in [0.3, 0.4) is 0 Å². The summed E-state index contributed by atoms with van der Waals surface area (Å²) in [5, 5.41) is 19.4. The van der Waals surface area contributed by atoms with Gasteiger partial charge >= 0.3 is 0 Å². The van der Waals surface area contributed by atoms with Crippen molar-refractivity contribution in [2.75, 3.05) is 19.3 Å². The van der Waals surface area contributed by atoms with Gasteiger partial charge in [-0.15, -0.1) is 0 Å². The van der Waals surface area contributed by atoms with Crippen LogP contribution >= 0.6 is 15.9 Å². The van der Waals surface area contributed by atoms with Gasteiger partial charge in [-0.05, 0) is 40.4 Å². The predicted octanol–water partition coefficient (Wildman–Crippen LogP) is 2.07. The van der Waals surface area contributed by atoms with E-state index < -0.39 is 15.9 Å². The molecule has 0 bridgehead atoms.